The first kappa shape index (κ1) is 6.87. The fourth-order valence-electron chi connectivity index (χ4n) is 0.799. The Bertz CT molecular complexity index is 243. The highest BCUT2D eigenvalue weighted by molar-refractivity contribution is 5.30. The Morgan fingerprint density at radius 3 is 2.90 bits per heavy atom. The molecule has 0 atom stereocenters. The summed E-state index contributed by atoms with van der Waals surface area (Å²) in [6, 6.07) is 4.08. The Balaban J connectivity index is 2.83. The summed E-state index contributed by atoms with van der Waals surface area (Å²) in [6.45, 7) is 5.65. The summed E-state index contributed by atoms with van der Waals surface area (Å²) in [5.41, 5.74) is 1.23. The SMILES string of the molecule is C=CC=Cn1cccc1C. The van der Waals surface area contributed by atoms with Crippen molar-refractivity contribution in [2.24, 2.45) is 0 Å². The van der Waals surface area contributed by atoms with Gasteiger partial charge in [0, 0.05) is 18.1 Å². The van der Waals surface area contributed by atoms with Gasteiger partial charge in [0.15, 0.2) is 0 Å². The molecule has 1 nitrogen and oxygen atoms in total. The van der Waals surface area contributed by atoms with Crippen LogP contribution >= 0.6 is 0 Å². The van der Waals surface area contributed by atoms with Gasteiger partial charge >= 0.3 is 0 Å². The van der Waals surface area contributed by atoms with Gasteiger partial charge in [-0.05, 0) is 25.1 Å². The van der Waals surface area contributed by atoms with Gasteiger partial charge in [0.1, 0.15) is 0 Å². The largest absolute Gasteiger partial charge is 0.328 e. The molecule has 0 aromatic carbocycles. The van der Waals surface area contributed by atoms with Crippen molar-refractivity contribution in [3.05, 3.63) is 42.8 Å². The Morgan fingerprint density at radius 1 is 1.60 bits per heavy atom. The first-order chi connectivity index (χ1) is 4.84. The van der Waals surface area contributed by atoms with Gasteiger partial charge in [-0.3, -0.25) is 0 Å². The normalized spacial score (nSPS) is 10.5. The molecule has 0 saturated carbocycles. The van der Waals surface area contributed by atoms with E-state index < -0.39 is 0 Å². The molecule has 1 heterocycles. The topological polar surface area (TPSA) is 4.93 Å². The van der Waals surface area contributed by atoms with E-state index in [0.717, 1.165) is 0 Å². The summed E-state index contributed by atoms with van der Waals surface area (Å²) in [6.07, 6.45) is 7.66. The van der Waals surface area contributed by atoms with Gasteiger partial charge in [0.2, 0.25) is 0 Å². The van der Waals surface area contributed by atoms with Crippen LogP contribution in [0.3, 0.4) is 0 Å². The first-order valence-electron chi connectivity index (χ1n) is 3.27. The van der Waals surface area contributed by atoms with Gasteiger partial charge in [0.25, 0.3) is 0 Å². The Morgan fingerprint density at radius 2 is 2.40 bits per heavy atom. The zero-order chi connectivity index (χ0) is 7.40. The van der Waals surface area contributed by atoms with Crippen molar-refractivity contribution >= 4 is 6.20 Å². The lowest BCUT2D eigenvalue weighted by atomic mass is 10.5. The number of aryl methyl sites for hydroxylation is 1. The summed E-state index contributed by atoms with van der Waals surface area (Å²) in [5.74, 6) is 0. The molecule has 0 bridgehead atoms. The fraction of sp³-hybridized carbons (Fsp3) is 0.111. The predicted molar refractivity (Wildman–Crippen MR) is 44.7 cm³/mol. The number of hydrogen-bond acceptors (Lipinski definition) is 0. The quantitative estimate of drug-likeness (QED) is 0.546. The molecule has 0 amide bonds. The molecule has 0 aliphatic carbocycles. The highest BCUT2D eigenvalue weighted by Gasteiger charge is 1.86. The molecule has 1 aromatic rings. The minimum atomic E-state index is 1.23. The van der Waals surface area contributed by atoms with Gasteiger partial charge in [-0.1, -0.05) is 12.7 Å². The van der Waals surface area contributed by atoms with Gasteiger partial charge in [-0.15, -0.1) is 0 Å². The van der Waals surface area contributed by atoms with Crippen LogP contribution in [0, 0.1) is 6.92 Å². The maximum absolute atomic E-state index is 3.59. The van der Waals surface area contributed by atoms with Gasteiger partial charge in [-0.25, -0.2) is 0 Å². The molecule has 0 fully saturated rings. The molecule has 1 aromatic heterocycles. The van der Waals surface area contributed by atoms with Gasteiger partial charge < -0.3 is 4.57 Å². The zero-order valence-corrected chi connectivity index (χ0v) is 6.12. The number of aromatic nitrogens is 1. The van der Waals surface area contributed by atoms with Crippen molar-refractivity contribution in [3.8, 4) is 0 Å². The minimum absolute atomic E-state index is 1.23. The minimum Gasteiger partial charge on any atom is -0.328 e. The molecule has 0 saturated heterocycles. The van der Waals surface area contributed by atoms with Crippen LogP contribution in [0.5, 0.6) is 0 Å². The zero-order valence-electron chi connectivity index (χ0n) is 6.12. The number of rotatable bonds is 2. The van der Waals surface area contributed by atoms with E-state index in [2.05, 4.69) is 19.6 Å². The molecular weight excluding hydrogens is 122 g/mol. The molecule has 0 unspecified atom stereocenters. The van der Waals surface area contributed by atoms with Crippen molar-refractivity contribution in [1.82, 2.24) is 4.57 Å². The number of allylic oxidation sites excluding steroid dienone is 2. The van der Waals surface area contributed by atoms with Crippen molar-refractivity contribution in [2.75, 3.05) is 0 Å². The summed E-state index contributed by atoms with van der Waals surface area (Å²) in [7, 11) is 0. The molecule has 1 rings (SSSR count). The molecule has 10 heavy (non-hydrogen) atoms. The van der Waals surface area contributed by atoms with Crippen molar-refractivity contribution in [1.29, 1.82) is 0 Å². The maximum Gasteiger partial charge on any atom is 0.0189 e. The van der Waals surface area contributed by atoms with Crippen molar-refractivity contribution < 1.29 is 0 Å². The first-order valence-corrected chi connectivity index (χ1v) is 3.27. The lowest BCUT2D eigenvalue weighted by molar-refractivity contribution is 1.09. The Kier molecular flexibility index (Phi) is 2.11. The number of nitrogens with zero attached hydrogens (tertiary/aromatic N) is 1. The van der Waals surface area contributed by atoms with E-state index in [4.69, 9.17) is 0 Å². The molecule has 0 aliphatic heterocycles. The molecule has 0 spiro atoms. The fourth-order valence-corrected chi connectivity index (χ4v) is 0.799. The molecule has 0 radical (unpaired) electrons. The Hall–Kier alpha value is -1.24. The van der Waals surface area contributed by atoms with E-state index >= 15 is 0 Å². The van der Waals surface area contributed by atoms with Crippen LogP contribution in [0.2, 0.25) is 0 Å². The summed E-state index contributed by atoms with van der Waals surface area (Å²) >= 11 is 0. The van der Waals surface area contributed by atoms with Crippen LogP contribution in [0.4, 0.5) is 0 Å². The maximum atomic E-state index is 3.59. The molecule has 52 valence electrons. The van der Waals surface area contributed by atoms with Crippen LogP contribution in [0.15, 0.2) is 37.1 Å². The Labute approximate surface area is 61.3 Å². The van der Waals surface area contributed by atoms with Gasteiger partial charge in [0.05, 0.1) is 0 Å². The standard InChI is InChI=1S/C9H11N/c1-3-4-7-10-8-5-6-9(10)2/h3-8H,1H2,2H3. The third-order valence-electron chi connectivity index (χ3n) is 1.37. The molecule has 0 N–H and O–H groups in total. The second kappa shape index (κ2) is 3.06. The van der Waals surface area contributed by atoms with Crippen LogP contribution in [-0.2, 0) is 0 Å². The highest BCUT2D eigenvalue weighted by Crippen LogP contribution is 1.99. The summed E-state index contributed by atoms with van der Waals surface area (Å²) in [5, 5.41) is 0. The van der Waals surface area contributed by atoms with Gasteiger partial charge in [-0.2, -0.15) is 0 Å². The molecule has 1 heteroatoms. The second-order valence-corrected chi connectivity index (χ2v) is 2.13. The lowest BCUT2D eigenvalue weighted by Gasteiger charge is -1.94. The third kappa shape index (κ3) is 1.38. The average molecular weight is 133 g/mol. The van der Waals surface area contributed by atoms with Crippen LogP contribution < -0.4 is 0 Å². The smallest absolute Gasteiger partial charge is 0.0189 e. The summed E-state index contributed by atoms with van der Waals surface area (Å²) in [4.78, 5) is 0. The van der Waals surface area contributed by atoms with Crippen molar-refractivity contribution in [2.45, 2.75) is 6.92 Å². The lowest BCUT2D eigenvalue weighted by Crippen LogP contribution is -1.83. The van der Waals surface area contributed by atoms with E-state index in [-0.39, 0.29) is 0 Å². The van der Waals surface area contributed by atoms with E-state index in [1.165, 1.54) is 5.69 Å². The van der Waals surface area contributed by atoms with E-state index in [9.17, 15) is 0 Å². The van der Waals surface area contributed by atoms with Crippen LogP contribution in [0.25, 0.3) is 6.20 Å². The number of hydrogen-bond donors (Lipinski definition) is 0. The molecule has 0 aliphatic rings. The second-order valence-electron chi connectivity index (χ2n) is 2.13. The monoisotopic (exact) mass is 133 g/mol. The van der Waals surface area contributed by atoms with E-state index in [1.54, 1.807) is 6.08 Å². The third-order valence-corrected chi connectivity index (χ3v) is 1.37. The van der Waals surface area contributed by atoms with E-state index in [0.29, 0.717) is 0 Å². The van der Waals surface area contributed by atoms with Crippen LogP contribution in [0.1, 0.15) is 5.69 Å². The van der Waals surface area contributed by atoms with E-state index in [1.807, 2.05) is 29.1 Å². The highest BCUT2D eigenvalue weighted by atomic mass is 14.9. The van der Waals surface area contributed by atoms with Crippen molar-refractivity contribution in [3.63, 3.8) is 0 Å². The van der Waals surface area contributed by atoms with Crippen LogP contribution in [-0.4, -0.2) is 4.57 Å². The summed E-state index contributed by atoms with van der Waals surface area (Å²) < 4.78 is 2.04. The molecular formula is C9H11N. The average Bonchev–Trinajstić information content (AvgIpc) is 2.31. The predicted octanol–water partition coefficient (Wildman–Crippen LogP) is 2.45.